The minimum Gasteiger partial charge on any atom is -0.339 e. The SMILES string of the molecule is CCN(C(=O)c1cc(C)nc(N2CCN(C(C)=O)CC2)n1)c1cccc(C)c1. The highest BCUT2D eigenvalue weighted by atomic mass is 16.2. The number of hydrogen-bond acceptors (Lipinski definition) is 5. The average Bonchev–Trinajstić information content (AvgIpc) is 2.68. The smallest absolute Gasteiger partial charge is 0.277 e. The molecule has 3 rings (SSSR count). The zero-order chi connectivity index (χ0) is 20.3. The summed E-state index contributed by atoms with van der Waals surface area (Å²) in [7, 11) is 0. The number of piperazine rings is 1. The van der Waals surface area contributed by atoms with Gasteiger partial charge in [0, 0.05) is 51.0 Å². The highest BCUT2D eigenvalue weighted by molar-refractivity contribution is 6.05. The Hall–Kier alpha value is -2.96. The lowest BCUT2D eigenvalue weighted by molar-refractivity contribution is -0.129. The van der Waals surface area contributed by atoms with Crippen molar-refractivity contribution in [3.8, 4) is 0 Å². The van der Waals surface area contributed by atoms with Crippen molar-refractivity contribution in [2.45, 2.75) is 27.7 Å². The molecule has 1 aliphatic heterocycles. The molecule has 0 aliphatic carbocycles. The molecule has 7 heteroatoms. The maximum Gasteiger partial charge on any atom is 0.277 e. The van der Waals surface area contributed by atoms with Crippen LogP contribution in [0.15, 0.2) is 30.3 Å². The topological polar surface area (TPSA) is 69.6 Å². The zero-order valence-electron chi connectivity index (χ0n) is 17.0. The number of benzene rings is 1. The predicted molar refractivity (Wildman–Crippen MR) is 110 cm³/mol. The molecular weight excluding hydrogens is 354 g/mol. The molecule has 0 atom stereocenters. The molecule has 2 amide bonds. The lowest BCUT2D eigenvalue weighted by atomic mass is 10.2. The summed E-state index contributed by atoms with van der Waals surface area (Å²) in [5, 5.41) is 0. The Morgan fingerprint density at radius 1 is 1.07 bits per heavy atom. The second-order valence-corrected chi connectivity index (χ2v) is 7.08. The van der Waals surface area contributed by atoms with Crippen LogP contribution in [0.3, 0.4) is 0 Å². The third-order valence-corrected chi connectivity index (χ3v) is 4.94. The third-order valence-electron chi connectivity index (χ3n) is 4.94. The highest BCUT2D eigenvalue weighted by Gasteiger charge is 2.23. The van der Waals surface area contributed by atoms with E-state index >= 15 is 0 Å². The van der Waals surface area contributed by atoms with E-state index in [1.54, 1.807) is 17.9 Å². The van der Waals surface area contributed by atoms with Gasteiger partial charge < -0.3 is 14.7 Å². The Morgan fingerprint density at radius 2 is 1.79 bits per heavy atom. The molecule has 7 nitrogen and oxygen atoms in total. The molecule has 0 unspecified atom stereocenters. The van der Waals surface area contributed by atoms with Crippen LogP contribution < -0.4 is 9.80 Å². The molecule has 0 saturated carbocycles. The summed E-state index contributed by atoms with van der Waals surface area (Å²) in [5.41, 5.74) is 3.11. The van der Waals surface area contributed by atoms with Gasteiger partial charge in [0.25, 0.3) is 5.91 Å². The Bertz CT molecular complexity index is 875. The summed E-state index contributed by atoms with van der Waals surface area (Å²) in [4.78, 5) is 39.4. The van der Waals surface area contributed by atoms with E-state index in [2.05, 4.69) is 9.97 Å². The molecule has 1 aromatic carbocycles. The van der Waals surface area contributed by atoms with E-state index in [0.29, 0.717) is 44.4 Å². The molecule has 0 spiro atoms. The predicted octanol–water partition coefficient (Wildman–Crippen LogP) is 2.43. The molecule has 1 saturated heterocycles. The maximum atomic E-state index is 13.2. The minimum atomic E-state index is -0.137. The van der Waals surface area contributed by atoms with Crippen LogP contribution in [0.25, 0.3) is 0 Å². The van der Waals surface area contributed by atoms with E-state index in [-0.39, 0.29) is 11.8 Å². The molecule has 0 bridgehead atoms. The number of aromatic nitrogens is 2. The molecule has 0 radical (unpaired) electrons. The monoisotopic (exact) mass is 381 g/mol. The number of carbonyl (C=O) groups is 2. The van der Waals surface area contributed by atoms with Crippen LogP contribution >= 0.6 is 0 Å². The fourth-order valence-corrected chi connectivity index (χ4v) is 3.40. The summed E-state index contributed by atoms with van der Waals surface area (Å²) < 4.78 is 0. The van der Waals surface area contributed by atoms with Gasteiger partial charge in [0.15, 0.2) is 0 Å². The van der Waals surface area contributed by atoms with Crippen LogP contribution in [0.2, 0.25) is 0 Å². The van der Waals surface area contributed by atoms with Crippen molar-refractivity contribution in [3.63, 3.8) is 0 Å². The highest BCUT2D eigenvalue weighted by Crippen LogP contribution is 2.20. The Balaban J connectivity index is 1.84. The number of amides is 2. The Kier molecular flexibility index (Phi) is 5.92. The van der Waals surface area contributed by atoms with Crippen LogP contribution in [0.5, 0.6) is 0 Å². The van der Waals surface area contributed by atoms with E-state index in [4.69, 9.17) is 0 Å². The normalized spacial score (nSPS) is 14.1. The first kappa shape index (κ1) is 19.8. The maximum absolute atomic E-state index is 13.2. The molecule has 1 aromatic heterocycles. The van der Waals surface area contributed by atoms with Crippen LogP contribution in [0, 0.1) is 13.8 Å². The molecule has 148 valence electrons. The standard InChI is InChI=1S/C21H27N5O2/c1-5-26(18-8-6-7-15(2)13-18)20(28)19-14-16(3)22-21(23-19)25-11-9-24(10-12-25)17(4)27/h6-8,13-14H,5,9-12H2,1-4H3. The summed E-state index contributed by atoms with van der Waals surface area (Å²) >= 11 is 0. The van der Waals surface area contributed by atoms with Crippen molar-refractivity contribution in [1.82, 2.24) is 14.9 Å². The first-order valence-corrected chi connectivity index (χ1v) is 9.63. The van der Waals surface area contributed by atoms with Gasteiger partial charge in [-0.25, -0.2) is 9.97 Å². The van der Waals surface area contributed by atoms with Crippen LogP contribution in [0.4, 0.5) is 11.6 Å². The summed E-state index contributed by atoms with van der Waals surface area (Å²) in [5.74, 6) is 0.492. The number of nitrogens with zero attached hydrogens (tertiary/aromatic N) is 5. The number of hydrogen-bond donors (Lipinski definition) is 0. The number of aryl methyl sites for hydroxylation is 2. The van der Waals surface area contributed by atoms with E-state index in [9.17, 15) is 9.59 Å². The quantitative estimate of drug-likeness (QED) is 0.814. The van der Waals surface area contributed by atoms with Gasteiger partial charge in [0.1, 0.15) is 5.69 Å². The molecule has 2 aromatic rings. The number of rotatable bonds is 4. The fraction of sp³-hybridized carbons (Fsp3) is 0.429. The largest absolute Gasteiger partial charge is 0.339 e. The van der Waals surface area contributed by atoms with Gasteiger partial charge in [0.05, 0.1) is 0 Å². The van der Waals surface area contributed by atoms with Crippen LogP contribution in [-0.4, -0.2) is 59.4 Å². The molecule has 28 heavy (non-hydrogen) atoms. The lowest BCUT2D eigenvalue weighted by Gasteiger charge is -2.34. The zero-order valence-corrected chi connectivity index (χ0v) is 17.0. The Morgan fingerprint density at radius 3 is 2.39 bits per heavy atom. The number of anilines is 2. The third kappa shape index (κ3) is 4.30. The Labute approximate surface area is 166 Å². The summed E-state index contributed by atoms with van der Waals surface area (Å²) in [6, 6.07) is 9.62. The van der Waals surface area contributed by atoms with Crippen molar-refractivity contribution in [3.05, 3.63) is 47.3 Å². The molecule has 2 heterocycles. The van der Waals surface area contributed by atoms with Crippen molar-refractivity contribution in [2.24, 2.45) is 0 Å². The average molecular weight is 381 g/mol. The van der Waals surface area contributed by atoms with E-state index < -0.39 is 0 Å². The van der Waals surface area contributed by atoms with Crippen LogP contribution in [0.1, 0.15) is 35.6 Å². The van der Waals surface area contributed by atoms with Gasteiger partial charge in [-0.1, -0.05) is 12.1 Å². The van der Waals surface area contributed by atoms with Crippen molar-refractivity contribution in [2.75, 3.05) is 42.5 Å². The molecule has 1 aliphatic rings. The fourth-order valence-electron chi connectivity index (χ4n) is 3.40. The first-order valence-electron chi connectivity index (χ1n) is 9.63. The van der Waals surface area contributed by atoms with E-state index in [1.165, 1.54) is 0 Å². The molecule has 1 fully saturated rings. The first-order chi connectivity index (χ1) is 13.4. The second kappa shape index (κ2) is 8.37. The van der Waals surface area contributed by atoms with E-state index in [0.717, 1.165) is 16.9 Å². The minimum absolute atomic E-state index is 0.0809. The molecular formula is C21H27N5O2. The lowest BCUT2D eigenvalue weighted by Crippen LogP contribution is -2.48. The van der Waals surface area contributed by atoms with Gasteiger partial charge in [-0.05, 0) is 44.5 Å². The van der Waals surface area contributed by atoms with Gasteiger partial charge in [0.2, 0.25) is 11.9 Å². The van der Waals surface area contributed by atoms with Gasteiger partial charge in [-0.3, -0.25) is 9.59 Å². The van der Waals surface area contributed by atoms with Crippen molar-refractivity contribution < 1.29 is 9.59 Å². The van der Waals surface area contributed by atoms with Crippen molar-refractivity contribution in [1.29, 1.82) is 0 Å². The van der Waals surface area contributed by atoms with Crippen molar-refractivity contribution >= 4 is 23.5 Å². The van der Waals surface area contributed by atoms with Gasteiger partial charge in [-0.15, -0.1) is 0 Å². The summed E-state index contributed by atoms with van der Waals surface area (Å²) in [6.45, 7) is 10.6. The van der Waals surface area contributed by atoms with Gasteiger partial charge in [-0.2, -0.15) is 0 Å². The van der Waals surface area contributed by atoms with Gasteiger partial charge >= 0.3 is 0 Å². The number of carbonyl (C=O) groups excluding carboxylic acids is 2. The second-order valence-electron chi connectivity index (χ2n) is 7.08. The summed E-state index contributed by atoms with van der Waals surface area (Å²) in [6.07, 6.45) is 0. The molecule has 0 N–H and O–H groups in total. The van der Waals surface area contributed by atoms with E-state index in [1.807, 2.05) is 54.8 Å². The van der Waals surface area contributed by atoms with Crippen LogP contribution in [-0.2, 0) is 4.79 Å².